The third-order valence-corrected chi connectivity index (χ3v) is 3.58. The molecule has 0 aliphatic heterocycles. The molecule has 2 rings (SSSR count). The molecule has 0 spiro atoms. The van der Waals surface area contributed by atoms with Crippen LogP contribution in [0.2, 0.25) is 19.6 Å². The third kappa shape index (κ3) is 4.95. The van der Waals surface area contributed by atoms with Gasteiger partial charge in [0.15, 0.2) is 0 Å². The molecule has 102 valence electrons. The Balaban J connectivity index is 1.98. The summed E-state index contributed by atoms with van der Waals surface area (Å²) in [6.45, 7) is 6.78. The highest BCUT2D eigenvalue weighted by atomic mass is 28.3. The van der Waals surface area contributed by atoms with Gasteiger partial charge in [-0.2, -0.15) is 0 Å². The Morgan fingerprint density at radius 2 is 1.45 bits per heavy atom. The van der Waals surface area contributed by atoms with Crippen LogP contribution >= 0.6 is 0 Å². The lowest BCUT2D eigenvalue weighted by Crippen LogP contribution is -2.16. The zero-order valence-corrected chi connectivity index (χ0v) is 13.3. The molecule has 0 fully saturated rings. The fourth-order valence-electron chi connectivity index (χ4n) is 1.71. The van der Waals surface area contributed by atoms with Crippen molar-refractivity contribution < 1.29 is 4.74 Å². The Hall–Kier alpha value is -1.98. The van der Waals surface area contributed by atoms with Crippen molar-refractivity contribution in [1.29, 1.82) is 0 Å². The summed E-state index contributed by atoms with van der Waals surface area (Å²) in [5.74, 6) is 5.00. The van der Waals surface area contributed by atoms with Crippen LogP contribution in [0.15, 0.2) is 54.6 Å². The van der Waals surface area contributed by atoms with E-state index in [-0.39, 0.29) is 0 Å². The number of rotatable bonds is 3. The topological polar surface area (TPSA) is 9.23 Å². The maximum Gasteiger partial charge on any atom is 0.129 e. The van der Waals surface area contributed by atoms with Crippen LogP contribution in [-0.4, -0.2) is 8.07 Å². The Morgan fingerprint density at radius 1 is 0.850 bits per heavy atom. The second-order valence-electron chi connectivity index (χ2n) is 5.79. The number of ether oxygens (including phenoxy) is 1. The van der Waals surface area contributed by atoms with E-state index in [0.717, 1.165) is 17.9 Å². The number of benzene rings is 2. The minimum absolute atomic E-state index is 0.815. The number of hydrogen-bond acceptors (Lipinski definition) is 1. The average Bonchev–Trinajstić information content (AvgIpc) is 2.41. The van der Waals surface area contributed by atoms with Crippen LogP contribution in [0.3, 0.4) is 0 Å². The molecule has 0 amide bonds. The van der Waals surface area contributed by atoms with Gasteiger partial charge in [0.2, 0.25) is 0 Å². The van der Waals surface area contributed by atoms with Crippen LogP contribution < -0.4 is 4.74 Å². The van der Waals surface area contributed by atoms with Crippen LogP contribution in [0.5, 0.6) is 11.5 Å². The number of hydrogen-bond donors (Lipinski definition) is 0. The van der Waals surface area contributed by atoms with Gasteiger partial charge in [0.1, 0.15) is 19.6 Å². The van der Waals surface area contributed by atoms with Gasteiger partial charge in [-0.3, -0.25) is 0 Å². The lowest BCUT2D eigenvalue weighted by atomic mass is 10.1. The molecule has 0 aliphatic rings. The number of para-hydroxylation sites is 1. The maximum absolute atomic E-state index is 5.76. The summed E-state index contributed by atoms with van der Waals surface area (Å²) < 4.78 is 5.76. The van der Waals surface area contributed by atoms with Crippen molar-refractivity contribution in [3.05, 3.63) is 60.2 Å². The van der Waals surface area contributed by atoms with Crippen molar-refractivity contribution in [2.45, 2.75) is 26.1 Å². The molecule has 0 aromatic heterocycles. The highest BCUT2D eigenvalue weighted by Gasteiger charge is 2.07. The highest BCUT2D eigenvalue weighted by Crippen LogP contribution is 2.21. The predicted octanol–water partition coefficient (Wildman–Crippen LogP) is 4.90. The Morgan fingerprint density at radius 3 is 2.05 bits per heavy atom. The summed E-state index contributed by atoms with van der Waals surface area (Å²) in [7, 11) is -1.26. The van der Waals surface area contributed by atoms with E-state index in [2.05, 4.69) is 43.2 Å². The van der Waals surface area contributed by atoms with E-state index < -0.39 is 8.07 Å². The van der Waals surface area contributed by atoms with E-state index in [1.807, 2.05) is 42.5 Å². The fraction of sp³-hybridized carbons (Fsp3) is 0.222. The lowest BCUT2D eigenvalue weighted by molar-refractivity contribution is 0.482. The first-order chi connectivity index (χ1) is 9.53. The minimum Gasteiger partial charge on any atom is -0.457 e. The van der Waals surface area contributed by atoms with Gasteiger partial charge in [0.05, 0.1) is 0 Å². The summed E-state index contributed by atoms with van der Waals surface area (Å²) in [6.07, 6.45) is 0.815. The highest BCUT2D eigenvalue weighted by molar-refractivity contribution is 6.83. The van der Waals surface area contributed by atoms with E-state index in [1.165, 1.54) is 5.56 Å². The standard InChI is InChI=1S/C18H20OSi/c1-20(2,3)15-7-8-16-11-13-18(14-12-16)19-17-9-5-4-6-10-17/h4-6,9-14H,8H2,1-3H3. The van der Waals surface area contributed by atoms with Crippen LogP contribution in [0.25, 0.3) is 0 Å². The second kappa shape index (κ2) is 6.45. The molecule has 2 aromatic rings. The van der Waals surface area contributed by atoms with Crippen LogP contribution in [0.4, 0.5) is 0 Å². The Bertz CT molecular complexity index is 598. The van der Waals surface area contributed by atoms with E-state index >= 15 is 0 Å². The zero-order valence-electron chi connectivity index (χ0n) is 12.3. The van der Waals surface area contributed by atoms with Gasteiger partial charge < -0.3 is 4.74 Å². The van der Waals surface area contributed by atoms with Gasteiger partial charge in [0, 0.05) is 6.42 Å². The quantitative estimate of drug-likeness (QED) is 0.574. The van der Waals surface area contributed by atoms with Gasteiger partial charge in [-0.15, -0.1) is 11.5 Å². The third-order valence-electron chi connectivity index (χ3n) is 2.66. The minimum atomic E-state index is -1.26. The lowest BCUT2D eigenvalue weighted by Gasteiger charge is -2.06. The molecule has 0 saturated heterocycles. The van der Waals surface area contributed by atoms with Gasteiger partial charge >= 0.3 is 0 Å². The molecule has 0 unspecified atom stereocenters. The first-order valence-corrected chi connectivity index (χ1v) is 10.3. The molecule has 2 aromatic carbocycles. The summed E-state index contributed by atoms with van der Waals surface area (Å²) in [6, 6.07) is 18.0. The fourth-order valence-corrected chi connectivity index (χ4v) is 2.33. The van der Waals surface area contributed by atoms with Gasteiger partial charge in [-0.1, -0.05) is 50.0 Å². The molecular formula is C18H20OSi. The molecule has 0 bridgehead atoms. The summed E-state index contributed by atoms with van der Waals surface area (Å²) >= 11 is 0. The normalized spacial score (nSPS) is 10.6. The van der Waals surface area contributed by atoms with Gasteiger partial charge in [-0.25, -0.2) is 0 Å². The van der Waals surface area contributed by atoms with Crippen molar-refractivity contribution >= 4 is 8.07 Å². The largest absolute Gasteiger partial charge is 0.457 e. The van der Waals surface area contributed by atoms with Crippen LogP contribution in [-0.2, 0) is 6.42 Å². The molecule has 0 saturated carbocycles. The van der Waals surface area contributed by atoms with Crippen molar-refractivity contribution in [2.24, 2.45) is 0 Å². The molecule has 0 heterocycles. The SMILES string of the molecule is C[Si](C)(C)C#CCc1ccc(Oc2ccccc2)cc1. The van der Waals surface area contributed by atoms with Crippen molar-refractivity contribution in [2.75, 3.05) is 0 Å². The maximum atomic E-state index is 5.76. The van der Waals surface area contributed by atoms with Gasteiger partial charge in [-0.05, 0) is 29.8 Å². The molecule has 0 radical (unpaired) electrons. The molecule has 1 nitrogen and oxygen atoms in total. The first-order valence-electron chi connectivity index (χ1n) is 6.85. The molecule has 2 heteroatoms. The molecule has 20 heavy (non-hydrogen) atoms. The van der Waals surface area contributed by atoms with E-state index in [9.17, 15) is 0 Å². The second-order valence-corrected chi connectivity index (χ2v) is 10.5. The molecular weight excluding hydrogens is 260 g/mol. The van der Waals surface area contributed by atoms with E-state index in [0.29, 0.717) is 0 Å². The van der Waals surface area contributed by atoms with Crippen molar-refractivity contribution in [1.82, 2.24) is 0 Å². The van der Waals surface area contributed by atoms with E-state index in [1.54, 1.807) is 0 Å². The van der Waals surface area contributed by atoms with Crippen molar-refractivity contribution in [3.63, 3.8) is 0 Å². The van der Waals surface area contributed by atoms with Gasteiger partial charge in [0.25, 0.3) is 0 Å². The Kier molecular flexibility index (Phi) is 4.65. The predicted molar refractivity (Wildman–Crippen MR) is 87.8 cm³/mol. The zero-order chi connectivity index (χ0) is 14.4. The smallest absolute Gasteiger partial charge is 0.129 e. The van der Waals surface area contributed by atoms with E-state index in [4.69, 9.17) is 4.74 Å². The monoisotopic (exact) mass is 280 g/mol. The first kappa shape index (κ1) is 14.4. The molecule has 0 N–H and O–H groups in total. The average molecular weight is 280 g/mol. The van der Waals surface area contributed by atoms with Crippen molar-refractivity contribution in [3.8, 4) is 23.0 Å². The Labute approximate surface area is 122 Å². The van der Waals surface area contributed by atoms with Crippen LogP contribution in [0, 0.1) is 11.5 Å². The summed E-state index contributed by atoms with van der Waals surface area (Å²) in [5.41, 5.74) is 4.61. The molecule has 0 aliphatic carbocycles. The van der Waals surface area contributed by atoms with Crippen LogP contribution in [0.1, 0.15) is 5.56 Å². The summed E-state index contributed by atoms with van der Waals surface area (Å²) in [5, 5.41) is 0. The summed E-state index contributed by atoms with van der Waals surface area (Å²) in [4.78, 5) is 0. The molecule has 0 atom stereocenters.